The smallest absolute Gasteiger partial charge is 0.256 e. The lowest BCUT2D eigenvalue weighted by atomic mass is 10.0. The number of piperidine rings is 1. The molecule has 0 unspecified atom stereocenters. The van der Waals surface area contributed by atoms with Crippen LogP contribution < -0.4 is 0 Å². The second kappa shape index (κ2) is 6.07. The van der Waals surface area contributed by atoms with Gasteiger partial charge in [0.2, 0.25) is 0 Å². The van der Waals surface area contributed by atoms with E-state index in [0.717, 1.165) is 54.1 Å². The second-order valence-corrected chi connectivity index (χ2v) is 6.51. The van der Waals surface area contributed by atoms with Gasteiger partial charge in [0.25, 0.3) is 5.91 Å². The normalized spacial score (nSPS) is 15.1. The van der Waals surface area contributed by atoms with Gasteiger partial charge >= 0.3 is 0 Å². The molecule has 1 aliphatic rings. The molecule has 0 radical (unpaired) electrons. The van der Waals surface area contributed by atoms with Crippen molar-refractivity contribution < 1.29 is 4.79 Å². The van der Waals surface area contributed by atoms with E-state index in [-0.39, 0.29) is 5.91 Å². The molecule has 0 bridgehead atoms. The van der Waals surface area contributed by atoms with Crippen LogP contribution >= 0.6 is 0 Å². The van der Waals surface area contributed by atoms with Gasteiger partial charge in [0.15, 0.2) is 0 Å². The van der Waals surface area contributed by atoms with Crippen molar-refractivity contribution in [3.8, 4) is 5.69 Å². The maximum Gasteiger partial charge on any atom is 0.256 e. The SMILES string of the molecule is C=C1CCN(C(=O)c2cc(C)ccc2-n2c(C)ccc2C)CC1. The maximum atomic E-state index is 13.1. The van der Waals surface area contributed by atoms with Crippen LogP contribution in [0.25, 0.3) is 5.69 Å². The average molecular weight is 308 g/mol. The Morgan fingerprint density at radius 1 is 1.00 bits per heavy atom. The molecule has 3 heteroatoms. The number of hydrogen-bond acceptors (Lipinski definition) is 1. The van der Waals surface area contributed by atoms with Gasteiger partial charge in [0.05, 0.1) is 11.3 Å². The third-order valence-electron chi connectivity index (χ3n) is 4.65. The summed E-state index contributed by atoms with van der Waals surface area (Å²) >= 11 is 0. The third-order valence-corrected chi connectivity index (χ3v) is 4.65. The van der Waals surface area contributed by atoms with Crippen molar-refractivity contribution >= 4 is 5.91 Å². The molecule has 0 aliphatic carbocycles. The molecule has 1 aliphatic heterocycles. The van der Waals surface area contributed by atoms with Gasteiger partial charge in [-0.3, -0.25) is 4.79 Å². The van der Waals surface area contributed by atoms with Crippen molar-refractivity contribution in [2.45, 2.75) is 33.6 Å². The summed E-state index contributed by atoms with van der Waals surface area (Å²) in [6.07, 6.45) is 1.82. The molecule has 120 valence electrons. The Balaban J connectivity index is 2.03. The number of aromatic nitrogens is 1. The summed E-state index contributed by atoms with van der Waals surface area (Å²) in [5.74, 6) is 0.128. The first-order valence-corrected chi connectivity index (χ1v) is 8.19. The highest BCUT2D eigenvalue weighted by Gasteiger charge is 2.23. The molecular formula is C20H24N2O. The highest BCUT2D eigenvalue weighted by Crippen LogP contribution is 2.24. The van der Waals surface area contributed by atoms with Gasteiger partial charge in [-0.2, -0.15) is 0 Å². The molecule has 1 amide bonds. The number of nitrogens with zero attached hydrogens (tertiary/aromatic N) is 2. The Labute approximate surface area is 138 Å². The summed E-state index contributed by atoms with van der Waals surface area (Å²) in [6.45, 7) is 11.8. The van der Waals surface area contributed by atoms with Gasteiger partial charge in [-0.15, -0.1) is 0 Å². The van der Waals surface area contributed by atoms with E-state index in [1.54, 1.807) is 0 Å². The second-order valence-electron chi connectivity index (χ2n) is 6.51. The van der Waals surface area contributed by atoms with Crippen LogP contribution in [0.2, 0.25) is 0 Å². The largest absolute Gasteiger partial charge is 0.338 e. The Kier molecular flexibility index (Phi) is 4.12. The summed E-state index contributed by atoms with van der Waals surface area (Å²) in [7, 11) is 0. The Morgan fingerprint density at radius 2 is 1.61 bits per heavy atom. The zero-order chi connectivity index (χ0) is 16.6. The highest BCUT2D eigenvalue weighted by atomic mass is 16.2. The van der Waals surface area contributed by atoms with Gasteiger partial charge in [-0.1, -0.05) is 23.8 Å². The first kappa shape index (κ1) is 15.6. The minimum absolute atomic E-state index is 0.128. The fourth-order valence-corrected chi connectivity index (χ4v) is 3.26. The number of likely N-dealkylation sites (tertiary alicyclic amines) is 1. The molecule has 2 aromatic rings. The van der Waals surface area contributed by atoms with Crippen LogP contribution in [-0.2, 0) is 0 Å². The van der Waals surface area contributed by atoms with Crippen molar-refractivity contribution in [3.63, 3.8) is 0 Å². The van der Waals surface area contributed by atoms with E-state index >= 15 is 0 Å². The molecule has 3 rings (SSSR count). The molecule has 1 fully saturated rings. The van der Waals surface area contributed by atoms with Crippen molar-refractivity contribution in [2.75, 3.05) is 13.1 Å². The number of aryl methyl sites for hydroxylation is 3. The summed E-state index contributed by atoms with van der Waals surface area (Å²) in [5.41, 5.74) is 6.42. The predicted octanol–water partition coefficient (Wildman–Crippen LogP) is 4.19. The fourth-order valence-electron chi connectivity index (χ4n) is 3.26. The lowest BCUT2D eigenvalue weighted by Crippen LogP contribution is -2.36. The topological polar surface area (TPSA) is 25.2 Å². The van der Waals surface area contributed by atoms with Gasteiger partial charge in [0, 0.05) is 24.5 Å². The first-order chi connectivity index (χ1) is 11.0. The van der Waals surface area contributed by atoms with Crippen LogP contribution in [0.1, 0.15) is 40.2 Å². The van der Waals surface area contributed by atoms with E-state index in [9.17, 15) is 4.79 Å². The van der Waals surface area contributed by atoms with Crippen molar-refractivity contribution in [3.05, 3.63) is 65.0 Å². The number of hydrogen-bond donors (Lipinski definition) is 0. The molecule has 0 spiro atoms. The first-order valence-electron chi connectivity index (χ1n) is 8.19. The van der Waals surface area contributed by atoms with Crippen molar-refractivity contribution in [2.24, 2.45) is 0 Å². The van der Waals surface area contributed by atoms with E-state index in [2.05, 4.69) is 49.3 Å². The van der Waals surface area contributed by atoms with Crippen LogP contribution in [0.3, 0.4) is 0 Å². The van der Waals surface area contributed by atoms with Gasteiger partial charge in [-0.05, 0) is 57.9 Å². The number of benzene rings is 1. The van der Waals surface area contributed by atoms with Gasteiger partial charge in [0.1, 0.15) is 0 Å². The maximum absolute atomic E-state index is 13.1. The molecule has 0 saturated carbocycles. The Bertz CT molecular complexity index is 740. The van der Waals surface area contributed by atoms with E-state index in [1.807, 2.05) is 17.9 Å². The monoisotopic (exact) mass is 308 g/mol. The molecule has 1 aromatic heterocycles. The molecule has 23 heavy (non-hydrogen) atoms. The van der Waals surface area contributed by atoms with E-state index in [1.165, 1.54) is 5.57 Å². The fraction of sp³-hybridized carbons (Fsp3) is 0.350. The zero-order valence-electron chi connectivity index (χ0n) is 14.2. The highest BCUT2D eigenvalue weighted by molar-refractivity contribution is 5.98. The predicted molar refractivity (Wildman–Crippen MR) is 94.3 cm³/mol. The van der Waals surface area contributed by atoms with Crippen LogP contribution in [0.5, 0.6) is 0 Å². The zero-order valence-corrected chi connectivity index (χ0v) is 14.2. The molecule has 0 N–H and O–H groups in total. The molecule has 3 nitrogen and oxygen atoms in total. The number of amides is 1. The minimum atomic E-state index is 0.128. The van der Waals surface area contributed by atoms with Crippen LogP contribution in [0.4, 0.5) is 0 Å². The molecule has 1 saturated heterocycles. The van der Waals surface area contributed by atoms with Gasteiger partial charge in [-0.25, -0.2) is 0 Å². The van der Waals surface area contributed by atoms with Crippen LogP contribution in [-0.4, -0.2) is 28.5 Å². The molecule has 2 heterocycles. The molecular weight excluding hydrogens is 284 g/mol. The van der Waals surface area contributed by atoms with Crippen LogP contribution in [0.15, 0.2) is 42.5 Å². The summed E-state index contributed by atoms with van der Waals surface area (Å²) < 4.78 is 2.16. The number of carbonyl (C=O) groups excluding carboxylic acids is 1. The lowest BCUT2D eigenvalue weighted by molar-refractivity contribution is 0.0743. The minimum Gasteiger partial charge on any atom is -0.338 e. The third kappa shape index (κ3) is 2.96. The summed E-state index contributed by atoms with van der Waals surface area (Å²) in [5, 5.41) is 0. The number of rotatable bonds is 2. The van der Waals surface area contributed by atoms with Crippen molar-refractivity contribution in [1.29, 1.82) is 0 Å². The summed E-state index contributed by atoms with van der Waals surface area (Å²) in [6, 6.07) is 10.3. The molecule has 0 atom stereocenters. The standard InChI is InChI=1S/C20H24N2O/c1-14-9-11-21(12-10-14)20(23)18-13-15(2)5-8-19(18)22-16(3)6-7-17(22)4/h5-8,13H,1,9-12H2,2-4H3. The Hall–Kier alpha value is -2.29. The van der Waals surface area contributed by atoms with Crippen molar-refractivity contribution in [1.82, 2.24) is 9.47 Å². The lowest BCUT2D eigenvalue weighted by Gasteiger charge is -2.29. The van der Waals surface area contributed by atoms with E-state index < -0.39 is 0 Å². The van der Waals surface area contributed by atoms with E-state index in [0.29, 0.717) is 0 Å². The number of carbonyl (C=O) groups is 1. The quantitative estimate of drug-likeness (QED) is 0.764. The average Bonchev–Trinajstić information content (AvgIpc) is 2.86. The van der Waals surface area contributed by atoms with Crippen LogP contribution in [0, 0.1) is 20.8 Å². The molecule has 1 aromatic carbocycles. The summed E-state index contributed by atoms with van der Waals surface area (Å²) in [4.78, 5) is 15.0. The van der Waals surface area contributed by atoms with Gasteiger partial charge < -0.3 is 9.47 Å². The Morgan fingerprint density at radius 3 is 2.22 bits per heavy atom. The van der Waals surface area contributed by atoms with E-state index in [4.69, 9.17) is 0 Å².